The average molecular weight is 500 g/mol. The fraction of sp³-hybridized carbons (Fsp3) is 0.364. The van der Waals surface area contributed by atoms with E-state index in [0.717, 1.165) is 10.6 Å². The number of carbonyl (C=O) groups is 2. The number of carbonyl (C=O) groups excluding carboxylic acids is 2. The van der Waals surface area contributed by atoms with Gasteiger partial charge in [-0.05, 0) is 56.2 Å². The first-order chi connectivity index (χ1) is 15.0. The number of aryl methyl sites for hydroxylation is 1. The summed E-state index contributed by atoms with van der Waals surface area (Å²) in [6.07, 6.45) is 1.03. The molecule has 7 nitrogen and oxygen atoms in total. The van der Waals surface area contributed by atoms with Crippen molar-refractivity contribution in [2.24, 2.45) is 0 Å². The Labute approximate surface area is 199 Å². The number of halogens is 2. The fourth-order valence-corrected chi connectivity index (χ4v) is 4.54. The molecular weight excluding hydrogens is 473 g/mol. The number of likely N-dealkylation sites (N-methyl/N-ethyl adjacent to an activating group) is 1. The van der Waals surface area contributed by atoms with Crippen molar-refractivity contribution in [1.29, 1.82) is 0 Å². The second-order valence-electron chi connectivity index (χ2n) is 7.38. The van der Waals surface area contributed by atoms with E-state index in [1.54, 1.807) is 63.2 Å². The third-order valence-electron chi connectivity index (χ3n) is 4.92. The van der Waals surface area contributed by atoms with E-state index >= 15 is 0 Å². The van der Waals surface area contributed by atoms with E-state index < -0.39 is 28.5 Å². The predicted molar refractivity (Wildman–Crippen MR) is 129 cm³/mol. The number of hydrogen-bond acceptors (Lipinski definition) is 4. The SMILES string of the molecule is CCNC(=O)[C@H](C)N(Cc1ccccc1Cl)C(=O)CN(c1ccc(Cl)cc1C)S(C)(=O)=O. The zero-order valence-electron chi connectivity index (χ0n) is 18.4. The van der Waals surface area contributed by atoms with Crippen LogP contribution >= 0.6 is 23.2 Å². The predicted octanol–water partition coefficient (Wildman–Crippen LogP) is 3.62. The molecule has 0 aliphatic carbocycles. The van der Waals surface area contributed by atoms with Crippen molar-refractivity contribution in [3.8, 4) is 0 Å². The quantitative estimate of drug-likeness (QED) is 0.570. The third kappa shape index (κ3) is 6.60. The molecule has 0 aliphatic rings. The first-order valence-electron chi connectivity index (χ1n) is 10.00. The number of rotatable bonds is 9. The van der Waals surface area contributed by atoms with Crippen LogP contribution in [0, 0.1) is 6.92 Å². The summed E-state index contributed by atoms with van der Waals surface area (Å²) in [5, 5.41) is 3.60. The van der Waals surface area contributed by atoms with Gasteiger partial charge in [0.1, 0.15) is 12.6 Å². The standard InChI is InChI=1S/C22H27Cl2N3O4S/c1-5-25-22(29)16(3)26(13-17-8-6-7-9-19(17)24)21(28)14-27(32(4,30)31)20-11-10-18(23)12-15(20)2/h6-12,16H,5,13-14H2,1-4H3,(H,25,29)/t16-/m0/s1. The maximum Gasteiger partial charge on any atom is 0.244 e. The van der Waals surface area contributed by atoms with Gasteiger partial charge in [0.05, 0.1) is 11.9 Å². The minimum absolute atomic E-state index is 0.0496. The lowest BCUT2D eigenvalue weighted by molar-refractivity contribution is -0.139. The van der Waals surface area contributed by atoms with Crippen LogP contribution in [0.2, 0.25) is 10.0 Å². The molecule has 0 aromatic heterocycles. The van der Waals surface area contributed by atoms with Gasteiger partial charge in [0.15, 0.2) is 0 Å². The maximum absolute atomic E-state index is 13.4. The van der Waals surface area contributed by atoms with Crippen LogP contribution in [0.4, 0.5) is 5.69 Å². The number of benzene rings is 2. The highest BCUT2D eigenvalue weighted by Gasteiger charge is 2.30. The Hall–Kier alpha value is -2.29. The van der Waals surface area contributed by atoms with Crippen LogP contribution in [0.15, 0.2) is 42.5 Å². The van der Waals surface area contributed by atoms with E-state index in [1.807, 2.05) is 0 Å². The van der Waals surface area contributed by atoms with Crippen LogP contribution in [-0.4, -0.2) is 50.5 Å². The third-order valence-corrected chi connectivity index (χ3v) is 6.65. The van der Waals surface area contributed by atoms with Gasteiger partial charge >= 0.3 is 0 Å². The van der Waals surface area contributed by atoms with Crippen molar-refractivity contribution in [1.82, 2.24) is 10.2 Å². The van der Waals surface area contributed by atoms with Crippen molar-refractivity contribution in [3.05, 3.63) is 63.6 Å². The fourth-order valence-electron chi connectivity index (χ4n) is 3.21. The highest BCUT2D eigenvalue weighted by atomic mass is 35.5. The Morgan fingerprint density at radius 2 is 1.78 bits per heavy atom. The first-order valence-corrected chi connectivity index (χ1v) is 12.6. The Morgan fingerprint density at radius 3 is 2.34 bits per heavy atom. The molecule has 2 rings (SSSR count). The second kappa shape index (κ2) is 11.0. The molecule has 0 fully saturated rings. The summed E-state index contributed by atoms with van der Waals surface area (Å²) in [5.41, 5.74) is 1.59. The Morgan fingerprint density at radius 1 is 1.12 bits per heavy atom. The number of nitrogens with one attached hydrogen (secondary N) is 1. The molecule has 2 amide bonds. The molecule has 2 aromatic carbocycles. The molecule has 1 N–H and O–H groups in total. The summed E-state index contributed by atoms with van der Waals surface area (Å²) in [7, 11) is -3.80. The topological polar surface area (TPSA) is 86.8 Å². The van der Waals surface area contributed by atoms with Gasteiger partial charge in [-0.1, -0.05) is 41.4 Å². The molecule has 0 heterocycles. The molecule has 1 atom stereocenters. The van der Waals surface area contributed by atoms with Crippen LogP contribution in [0.1, 0.15) is 25.0 Å². The Bertz CT molecular complexity index is 1090. The molecule has 0 aliphatic heterocycles. The van der Waals surface area contributed by atoms with Gasteiger partial charge in [0, 0.05) is 23.1 Å². The van der Waals surface area contributed by atoms with Gasteiger partial charge in [0.25, 0.3) is 0 Å². The van der Waals surface area contributed by atoms with Gasteiger partial charge in [-0.2, -0.15) is 0 Å². The molecule has 0 bridgehead atoms. The van der Waals surface area contributed by atoms with Crippen LogP contribution in [0.25, 0.3) is 0 Å². The number of nitrogens with zero attached hydrogens (tertiary/aromatic N) is 2. The van der Waals surface area contributed by atoms with Crippen LogP contribution in [0.5, 0.6) is 0 Å². The molecule has 174 valence electrons. The van der Waals surface area contributed by atoms with E-state index in [0.29, 0.717) is 33.4 Å². The summed E-state index contributed by atoms with van der Waals surface area (Å²) in [6.45, 7) is 5.06. The lowest BCUT2D eigenvalue weighted by Crippen LogP contribution is -2.51. The molecule has 2 aromatic rings. The number of hydrogen-bond donors (Lipinski definition) is 1. The van der Waals surface area contributed by atoms with Gasteiger partial charge in [0.2, 0.25) is 21.8 Å². The van der Waals surface area contributed by atoms with E-state index in [2.05, 4.69) is 5.32 Å². The molecule has 0 radical (unpaired) electrons. The highest BCUT2D eigenvalue weighted by Crippen LogP contribution is 2.26. The van der Waals surface area contributed by atoms with E-state index in [4.69, 9.17) is 23.2 Å². The van der Waals surface area contributed by atoms with E-state index in [-0.39, 0.29) is 12.5 Å². The van der Waals surface area contributed by atoms with E-state index in [9.17, 15) is 18.0 Å². The molecule has 0 saturated carbocycles. The smallest absolute Gasteiger partial charge is 0.244 e. The second-order valence-corrected chi connectivity index (χ2v) is 10.1. The summed E-state index contributed by atoms with van der Waals surface area (Å²) in [6, 6.07) is 10.9. The van der Waals surface area contributed by atoms with Gasteiger partial charge in [-0.15, -0.1) is 0 Å². The first kappa shape index (κ1) is 26.0. The summed E-state index contributed by atoms with van der Waals surface area (Å²) in [4.78, 5) is 27.2. The largest absolute Gasteiger partial charge is 0.355 e. The van der Waals surface area contributed by atoms with Gasteiger partial charge in [-0.25, -0.2) is 8.42 Å². The number of anilines is 1. The minimum atomic E-state index is -3.80. The van der Waals surface area contributed by atoms with Crippen LogP contribution < -0.4 is 9.62 Å². The maximum atomic E-state index is 13.4. The minimum Gasteiger partial charge on any atom is -0.355 e. The van der Waals surface area contributed by atoms with Gasteiger partial charge in [-0.3, -0.25) is 13.9 Å². The zero-order chi connectivity index (χ0) is 24.1. The molecular formula is C22H27Cl2N3O4S. The summed E-state index contributed by atoms with van der Waals surface area (Å²) < 4.78 is 26.2. The van der Waals surface area contributed by atoms with Crippen molar-refractivity contribution in [2.45, 2.75) is 33.4 Å². The Kier molecular flexibility index (Phi) is 8.95. The molecule has 32 heavy (non-hydrogen) atoms. The number of amides is 2. The highest BCUT2D eigenvalue weighted by molar-refractivity contribution is 7.92. The normalized spacial score (nSPS) is 12.2. The zero-order valence-corrected chi connectivity index (χ0v) is 20.8. The van der Waals surface area contributed by atoms with Crippen molar-refractivity contribution in [2.75, 3.05) is 23.7 Å². The van der Waals surface area contributed by atoms with E-state index in [1.165, 1.54) is 4.90 Å². The monoisotopic (exact) mass is 499 g/mol. The Balaban J connectivity index is 2.43. The molecule has 0 unspecified atom stereocenters. The molecule has 10 heteroatoms. The van der Waals surface area contributed by atoms with Crippen LogP contribution in [0.3, 0.4) is 0 Å². The molecule has 0 spiro atoms. The van der Waals surface area contributed by atoms with Crippen molar-refractivity contribution < 1.29 is 18.0 Å². The summed E-state index contributed by atoms with van der Waals surface area (Å²) in [5.74, 6) is -0.884. The lowest BCUT2D eigenvalue weighted by atomic mass is 10.1. The lowest BCUT2D eigenvalue weighted by Gasteiger charge is -2.32. The number of sulfonamides is 1. The van der Waals surface area contributed by atoms with Gasteiger partial charge < -0.3 is 10.2 Å². The summed E-state index contributed by atoms with van der Waals surface area (Å²) >= 11 is 12.3. The van der Waals surface area contributed by atoms with Crippen molar-refractivity contribution in [3.63, 3.8) is 0 Å². The van der Waals surface area contributed by atoms with Crippen molar-refractivity contribution >= 4 is 50.7 Å². The molecule has 0 saturated heterocycles. The average Bonchev–Trinajstić information content (AvgIpc) is 2.70. The van der Waals surface area contributed by atoms with Crippen LogP contribution in [-0.2, 0) is 26.2 Å².